The van der Waals surface area contributed by atoms with E-state index in [1.54, 1.807) is 19.1 Å². The Kier molecular flexibility index (Phi) is 4.37. The van der Waals surface area contributed by atoms with Gasteiger partial charge in [-0.1, -0.05) is 6.07 Å². The van der Waals surface area contributed by atoms with Crippen molar-refractivity contribution in [1.82, 2.24) is 5.32 Å². The minimum Gasteiger partial charge on any atom is -0.382 e. The molecule has 0 amide bonds. The van der Waals surface area contributed by atoms with E-state index in [9.17, 15) is 10.1 Å². The van der Waals surface area contributed by atoms with E-state index >= 15 is 0 Å². The highest BCUT2D eigenvalue weighted by Crippen LogP contribution is 2.27. The standard InChI is InChI=1S/C14H21N3O2/c1-10-13(6-3-7-14(10)17(18)19)16-11(2)12-5-4-8-15-9-12/h3,6-7,11-12,15-16H,4-5,8-9H2,1-2H3. The van der Waals surface area contributed by atoms with Crippen LogP contribution in [0.4, 0.5) is 11.4 Å². The number of nitrogens with one attached hydrogen (secondary N) is 2. The molecule has 0 spiro atoms. The topological polar surface area (TPSA) is 67.2 Å². The van der Waals surface area contributed by atoms with Crippen LogP contribution in [0.3, 0.4) is 0 Å². The molecule has 104 valence electrons. The van der Waals surface area contributed by atoms with Gasteiger partial charge in [-0.15, -0.1) is 0 Å². The molecular weight excluding hydrogens is 242 g/mol. The summed E-state index contributed by atoms with van der Waals surface area (Å²) in [5.74, 6) is 0.576. The third-order valence-electron chi connectivity index (χ3n) is 3.93. The summed E-state index contributed by atoms with van der Waals surface area (Å²) < 4.78 is 0. The average molecular weight is 263 g/mol. The van der Waals surface area contributed by atoms with Crippen molar-refractivity contribution in [3.05, 3.63) is 33.9 Å². The van der Waals surface area contributed by atoms with Gasteiger partial charge in [-0.25, -0.2) is 0 Å². The average Bonchev–Trinajstić information content (AvgIpc) is 2.41. The molecule has 1 heterocycles. The second-order valence-corrected chi connectivity index (χ2v) is 5.25. The Balaban J connectivity index is 2.10. The largest absolute Gasteiger partial charge is 0.382 e. The molecule has 1 saturated heterocycles. The first-order valence-corrected chi connectivity index (χ1v) is 6.81. The zero-order chi connectivity index (χ0) is 13.8. The highest BCUT2D eigenvalue weighted by Gasteiger charge is 2.21. The van der Waals surface area contributed by atoms with Crippen LogP contribution in [-0.4, -0.2) is 24.1 Å². The Morgan fingerprint density at radius 2 is 2.32 bits per heavy atom. The van der Waals surface area contributed by atoms with Gasteiger partial charge in [0.2, 0.25) is 0 Å². The van der Waals surface area contributed by atoms with E-state index in [-0.39, 0.29) is 10.6 Å². The first-order chi connectivity index (χ1) is 9.09. The smallest absolute Gasteiger partial charge is 0.274 e. The predicted molar refractivity (Wildman–Crippen MR) is 76.5 cm³/mol. The predicted octanol–water partition coefficient (Wildman–Crippen LogP) is 2.70. The summed E-state index contributed by atoms with van der Waals surface area (Å²) in [5, 5.41) is 17.8. The summed E-state index contributed by atoms with van der Waals surface area (Å²) in [5.41, 5.74) is 1.76. The van der Waals surface area contributed by atoms with Crippen molar-refractivity contribution in [2.45, 2.75) is 32.7 Å². The van der Waals surface area contributed by atoms with Crippen LogP contribution >= 0.6 is 0 Å². The lowest BCUT2D eigenvalue weighted by Gasteiger charge is -2.30. The quantitative estimate of drug-likeness (QED) is 0.647. The van der Waals surface area contributed by atoms with Crippen LogP contribution in [-0.2, 0) is 0 Å². The van der Waals surface area contributed by atoms with Gasteiger partial charge in [0.1, 0.15) is 0 Å². The molecule has 1 aliphatic rings. The Morgan fingerprint density at radius 1 is 1.53 bits per heavy atom. The second-order valence-electron chi connectivity index (χ2n) is 5.25. The van der Waals surface area contributed by atoms with Gasteiger partial charge in [0.15, 0.2) is 0 Å². The molecule has 19 heavy (non-hydrogen) atoms. The molecular formula is C14H21N3O2. The maximum atomic E-state index is 10.9. The second kappa shape index (κ2) is 6.02. The first-order valence-electron chi connectivity index (χ1n) is 6.81. The van der Waals surface area contributed by atoms with Crippen molar-refractivity contribution < 1.29 is 4.92 Å². The van der Waals surface area contributed by atoms with E-state index in [0.29, 0.717) is 17.5 Å². The number of anilines is 1. The normalized spacial score (nSPS) is 20.8. The monoisotopic (exact) mass is 263 g/mol. The Labute approximate surface area is 113 Å². The fraction of sp³-hybridized carbons (Fsp3) is 0.571. The molecule has 2 atom stereocenters. The fourth-order valence-corrected chi connectivity index (χ4v) is 2.65. The van der Waals surface area contributed by atoms with Crippen molar-refractivity contribution in [3.8, 4) is 0 Å². The molecule has 2 N–H and O–H groups in total. The highest BCUT2D eigenvalue weighted by molar-refractivity contribution is 5.60. The van der Waals surface area contributed by atoms with E-state index in [0.717, 1.165) is 18.8 Å². The van der Waals surface area contributed by atoms with E-state index < -0.39 is 0 Å². The Hall–Kier alpha value is -1.62. The highest BCUT2D eigenvalue weighted by atomic mass is 16.6. The van der Waals surface area contributed by atoms with Crippen molar-refractivity contribution in [3.63, 3.8) is 0 Å². The molecule has 0 saturated carbocycles. The minimum absolute atomic E-state index is 0.180. The molecule has 0 radical (unpaired) electrons. The molecule has 0 bridgehead atoms. The van der Waals surface area contributed by atoms with Gasteiger partial charge < -0.3 is 10.6 Å². The summed E-state index contributed by atoms with van der Waals surface area (Å²) in [6.07, 6.45) is 2.40. The molecule has 5 nitrogen and oxygen atoms in total. The van der Waals surface area contributed by atoms with Crippen LogP contribution in [0.1, 0.15) is 25.3 Å². The number of hydrogen-bond acceptors (Lipinski definition) is 4. The number of nitro groups is 1. The lowest BCUT2D eigenvalue weighted by Crippen LogP contribution is -2.38. The van der Waals surface area contributed by atoms with Crippen molar-refractivity contribution in [1.29, 1.82) is 0 Å². The Morgan fingerprint density at radius 3 is 2.95 bits per heavy atom. The van der Waals surface area contributed by atoms with Crippen molar-refractivity contribution in [2.24, 2.45) is 5.92 Å². The maximum Gasteiger partial charge on any atom is 0.274 e. The number of rotatable bonds is 4. The zero-order valence-corrected chi connectivity index (χ0v) is 11.5. The summed E-state index contributed by atoms with van der Waals surface area (Å²) in [7, 11) is 0. The molecule has 1 fully saturated rings. The minimum atomic E-state index is -0.326. The van der Waals surface area contributed by atoms with Crippen LogP contribution in [0, 0.1) is 23.0 Å². The number of piperidine rings is 1. The van der Waals surface area contributed by atoms with E-state index in [2.05, 4.69) is 17.6 Å². The number of benzene rings is 1. The van der Waals surface area contributed by atoms with Gasteiger partial charge in [-0.3, -0.25) is 10.1 Å². The molecule has 1 aromatic carbocycles. The first kappa shape index (κ1) is 13.8. The lowest BCUT2D eigenvalue weighted by atomic mass is 9.92. The van der Waals surface area contributed by atoms with Crippen LogP contribution < -0.4 is 10.6 Å². The summed E-state index contributed by atoms with van der Waals surface area (Å²) >= 11 is 0. The molecule has 0 aromatic heterocycles. The summed E-state index contributed by atoms with van der Waals surface area (Å²) in [6, 6.07) is 5.51. The van der Waals surface area contributed by atoms with Crippen molar-refractivity contribution in [2.75, 3.05) is 18.4 Å². The fourth-order valence-electron chi connectivity index (χ4n) is 2.65. The maximum absolute atomic E-state index is 10.9. The van der Waals surface area contributed by atoms with Crippen LogP contribution in [0.25, 0.3) is 0 Å². The molecule has 2 rings (SSSR count). The van der Waals surface area contributed by atoms with Crippen LogP contribution in [0.2, 0.25) is 0 Å². The molecule has 1 aromatic rings. The number of nitro benzene ring substituents is 1. The molecule has 2 unspecified atom stereocenters. The Bertz CT molecular complexity index is 456. The third-order valence-corrected chi connectivity index (χ3v) is 3.93. The van der Waals surface area contributed by atoms with Gasteiger partial charge in [0, 0.05) is 23.4 Å². The van der Waals surface area contributed by atoms with E-state index in [1.165, 1.54) is 12.8 Å². The van der Waals surface area contributed by atoms with Crippen LogP contribution in [0.5, 0.6) is 0 Å². The SMILES string of the molecule is Cc1c(NC(C)C2CCCNC2)cccc1[N+](=O)[O-]. The summed E-state index contributed by atoms with van der Waals surface area (Å²) in [4.78, 5) is 10.6. The van der Waals surface area contributed by atoms with Gasteiger partial charge in [-0.2, -0.15) is 0 Å². The molecule has 1 aliphatic heterocycles. The van der Waals surface area contributed by atoms with Gasteiger partial charge in [0.05, 0.1) is 4.92 Å². The third kappa shape index (κ3) is 3.23. The number of hydrogen-bond donors (Lipinski definition) is 2. The van der Waals surface area contributed by atoms with Gasteiger partial charge in [0.25, 0.3) is 5.69 Å². The molecule has 0 aliphatic carbocycles. The van der Waals surface area contributed by atoms with Gasteiger partial charge in [-0.05, 0) is 51.8 Å². The summed E-state index contributed by atoms with van der Waals surface area (Å²) in [6.45, 7) is 6.06. The lowest BCUT2D eigenvalue weighted by molar-refractivity contribution is -0.385. The van der Waals surface area contributed by atoms with Crippen molar-refractivity contribution >= 4 is 11.4 Å². The number of nitrogens with zero attached hydrogens (tertiary/aromatic N) is 1. The van der Waals surface area contributed by atoms with E-state index in [1.807, 2.05) is 6.07 Å². The van der Waals surface area contributed by atoms with E-state index in [4.69, 9.17) is 0 Å². The zero-order valence-electron chi connectivity index (χ0n) is 11.5. The van der Waals surface area contributed by atoms with Gasteiger partial charge >= 0.3 is 0 Å². The van der Waals surface area contributed by atoms with Crippen LogP contribution in [0.15, 0.2) is 18.2 Å². The molecule has 5 heteroatoms.